The summed E-state index contributed by atoms with van der Waals surface area (Å²) in [5.74, 6) is 0.622. The largest absolute Gasteiger partial charge is 0.339 e. The lowest BCUT2D eigenvalue weighted by Crippen LogP contribution is -2.40. The normalized spacial score (nSPS) is 16.9. The van der Waals surface area contributed by atoms with E-state index in [-0.39, 0.29) is 5.91 Å². The van der Waals surface area contributed by atoms with E-state index in [2.05, 4.69) is 15.9 Å². The first-order valence-electron chi connectivity index (χ1n) is 6.06. The molecule has 0 bridgehead atoms. The van der Waals surface area contributed by atoms with Crippen LogP contribution in [0.1, 0.15) is 23.2 Å². The Hall–Kier alpha value is -0.580. The van der Waals surface area contributed by atoms with Gasteiger partial charge in [0, 0.05) is 22.6 Å². The fraction of sp³-hybridized carbons (Fsp3) is 0.462. The maximum atomic E-state index is 12.3. The van der Waals surface area contributed by atoms with Crippen LogP contribution in [0.25, 0.3) is 0 Å². The Labute approximate surface area is 120 Å². The van der Waals surface area contributed by atoms with Gasteiger partial charge in [0.15, 0.2) is 0 Å². The van der Waals surface area contributed by atoms with E-state index in [0.717, 1.165) is 30.4 Å². The molecule has 98 valence electrons. The third kappa shape index (κ3) is 3.05. The number of halogens is 2. The highest BCUT2D eigenvalue weighted by molar-refractivity contribution is 9.10. The van der Waals surface area contributed by atoms with E-state index in [1.165, 1.54) is 0 Å². The maximum absolute atomic E-state index is 12.3. The number of hydrogen-bond acceptors (Lipinski definition) is 2. The summed E-state index contributed by atoms with van der Waals surface area (Å²) in [6.45, 7) is 2.29. The lowest BCUT2D eigenvalue weighted by atomic mass is 9.96. The Kier molecular flexibility index (Phi) is 4.65. The summed E-state index contributed by atoms with van der Waals surface area (Å²) in [4.78, 5) is 14.2. The van der Waals surface area contributed by atoms with Crippen LogP contribution in [0.4, 0.5) is 0 Å². The minimum Gasteiger partial charge on any atom is -0.339 e. The molecular weight excluding hydrogens is 316 g/mol. The standard InChI is InChI=1S/C13H16BrClN2O/c14-12-7-10(15)1-2-11(12)13(18)17-5-3-9(8-16)4-6-17/h1-2,7,9H,3-6,8,16H2. The summed E-state index contributed by atoms with van der Waals surface area (Å²) < 4.78 is 0.751. The third-order valence-electron chi connectivity index (χ3n) is 3.40. The second-order valence-corrected chi connectivity index (χ2v) is 5.89. The SMILES string of the molecule is NCC1CCN(C(=O)c2ccc(Cl)cc2Br)CC1. The molecule has 0 atom stereocenters. The van der Waals surface area contributed by atoms with Crippen LogP contribution in [0.5, 0.6) is 0 Å². The predicted octanol–water partition coefficient (Wildman–Crippen LogP) is 2.91. The van der Waals surface area contributed by atoms with Gasteiger partial charge < -0.3 is 10.6 Å². The number of carbonyl (C=O) groups excluding carboxylic acids is 1. The van der Waals surface area contributed by atoms with Crippen LogP contribution in [0.3, 0.4) is 0 Å². The van der Waals surface area contributed by atoms with Gasteiger partial charge in [-0.15, -0.1) is 0 Å². The van der Waals surface area contributed by atoms with Crippen LogP contribution in [0, 0.1) is 5.92 Å². The van der Waals surface area contributed by atoms with Gasteiger partial charge in [-0.1, -0.05) is 11.6 Å². The molecule has 1 aliphatic heterocycles. The Morgan fingerprint density at radius 2 is 2.11 bits per heavy atom. The molecular formula is C13H16BrClN2O. The molecule has 1 aliphatic rings. The van der Waals surface area contributed by atoms with Crippen LogP contribution < -0.4 is 5.73 Å². The molecule has 3 nitrogen and oxygen atoms in total. The van der Waals surface area contributed by atoms with Crippen molar-refractivity contribution in [3.63, 3.8) is 0 Å². The van der Waals surface area contributed by atoms with Gasteiger partial charge in [-0.3, -0.25) is 4.79 Å². The van der Waals surface area contributed by atoms with E-state index in [9.17, 15) is 4.79 Å². The lowest BCUT2D eigenvalue weighted by Gasteiger charge is -2.31. The summed E-state index contributed by atoms with van der Waals surface area (Å²) in [7, 11) is 0. The van der Waals surface area contributed by atoms with Gasteiger partial charge in [-0.05, 0) is 59.4 Å². The van der Waals surface area contributed by atoms with Gasteiger partial charge in [-0.25, -0.2) is 0 Å². The first-order valence-corrected chi connectivity index (χ1v) is 7.23. The van der Waals surface area contributed by atoms with Gasteiger partial charge >= 0.3 is 0 Å². The van der Waals surface area contributed by atoms with E-state index < -0.39 is 0 Å². The number of rotatable bonds is 2. The van der Waals surface area contributed by atoms with E-state index in [1.807, 2.05) is 4.90 Å². The highest BCUT2D eigenvalue weighted by Crippen LogP contribution is 2.25. The molecule has 1 heterocycles. The van der Waals surface area contributed by atoms with Crippen molar-refractivity contribution in [2.45, 2.75) is 12.8 Å². The number of nitrogens with zero attached hydrogens (tertiary/aromatic N) is 1. The van der Waals surface area contributed by atoms with Gasteiger partial charge in [-0.2, -0.15) is 0 Å². The molecule has 0 spiro atoms. The number of likely N-dealkylation sites (tertiary alicyclic amines) is 1. The van der Waals surface area contributed by atoms with Crippen LogP contribution in [-0.4, -0.2) is 30.4 Å². The lowest BCUT2D eigenvalue weighted by molar-refractivity contribution is 0.0692. The van der Waals surface area contributed by atoms with Gasteiger partial charge in [0.2, 0.25) is 0 Å². The molecule has 1 saturated heterocycles. The smallest absolute Gasteiger partial charge is 0.254 e. The zero-order valence-electron chi connectivity index (χ0n) is 10.0. The topological polar surface area (TPSA) is 46.3 Å². The molecule has 1 aromatic rings. The number of hydrogen-bond donors (Lipinski definition) is 1. The van der Waals surface area contributed by atoms with Crippen molar-refractivity contribution >= 4 is 33.4 Å². The molecule has 0 aliphatic carbocycles. The molecule has 18 heavy (non-hydrogen) atoms. The summed E-state index contributed by atoms with van der Waals surface area (Å²) in [5, 5.41) is 0.625. The zero-order chi connectivity index (χ0) is 13.1. The zero-order valence-corrected chi connectivity index (χ0v) is 12.4. The number of piperidine rings is 1. The molecule has 0 unspecified atom stereocenters. The Morgan fingerprint density at radius 1 is 1.44 bits per heavy atom. The van der Waals surface area contributed by atoms with Crippen molar-refractivity contribution in [2.24, 2.45) is 11.7 Å². The quantitative estimate of drug-likeness (QED) is 0.905. The Morgan fingerprint density at radius 3 is 2.67 bits per heavy atom. The minimum atomic E-state index is 0.0639. The molecule has 0 radical (unpaired) electrons. The van der Waals surface area contributed by atoms with Gasteiger partial charge in [0.25, 0.3) is 5.91 Å². The van der Waals surface area contributed by atoms with E-state index in [1.54, 1.807) is 18.2 Å². The molecule has 1 aromatic carbocycles. The van der Waals surface area contributed by atoms with Crippen molar-refractivity contribution in [1.82, 2.24) is 4.90 Å². The van der Waals surface area contributed by atoms with Crippen molar-refractivity contribution in [1.29, 1.82) is 0 Å². The molecule has 2 rings (SSSR count). The predicted molar refractivity (Wildman–Crippen MR) is 76.8 cm³/mol. The molecule has 0 saturated carbocycles. The third-order valence-corrected chi connectivity index (χ3v) is 4.29. The second-order valence-electron chi connectivity index (χ2n) is 4.60. The van der Waals surface area contributed by atoms with Crippen molar-refractivity contribution in [3.05, 3.63) is 33.3 Å². The maximum Gasteiger partial charge on any atom is 0.254 e. The fourth-order valence-corrected chi connectivity index (χ4v) is 3.06. The van der Waals surface area contributed by atoms with Crippen LogP contribution in [0.15, 0.2) is 22.7 Å². The van der Waals surface area contributed by atoms with Crippen molar-refractivity contribution in [3.8, 4) is 0 Å². The van der Waals surface area contributed by atoms with Gasteiger partial charge in [0.05, 0.1) is 5.56 Å². The first-order chi connectivity index (χ1) is 8.61. The highest BCUT2D eigenvalue weighted by Gasteiger charge is 2.23. The molecule has 1 amide bonds. The highest BCUT2D eigenvalue weighted by atomic mass is 79.9. The average molecular weight is 332 g/mol. The fourth-order valence-electron chi connectivity index (χ4n) is 2.21. The Bertz CT molecular complexity index is 445. The van der Waals surface area contributed by atoms with E-state index >= 15 is 0 Å². The van der Waals surface area contributed by atoms with E-state index in [4.69, 9.17) is 17.3 Å². The van der Waals surface area contributed by atoms with Gasteiger partial charge in [0.1, 0.15) is 0 Å². The summed E-state index contributed by atoms with van der Waals surface area (Å²) >= 11 is 9.26. The monoisotopic (exact) mass is 330 g/mol. The summed E-state index contributed by atoms with van der Waals surface area (Å²) in [6.07, 6.45) is 1.99. The summed E-state index contributed by atoms with van der Waals surface area (Å²) in [6, 6.07) is 5.26. The Balaban J connectivity index is 2.08. The van der Waals surface area contributed by atoms with E-state index in [0.29, 0.717) is 23.0 Å². The second kappa shape index (κ2) is 6.04. The van der Waals surface area contributed by atoms with Crippen LogP contribution >= 0.6 is 27.5 Å². The number of nitrogens with two attached hydrogens (primary N) is 1. The first kappa shape index (κ1) is 13.8. The molecule has 0 aromatic heterocycles. The van der Waals surface area contributed by atoms with Crippen LogP contribution in [-0.2, 0) is 0 Å². The number of carbonyl (C=O) groups is 1. The molecule has 1 fully saturated rings. The molecule has 2 N–H and O–H groups in total. The summed E-state index contributed by atoms with van der Waals surface area (Å²) in [5.41, 5.74) is 6.32. The van der Waals surface area contributed by atoms with Crippen LogP contribution in [0.2, 0.25) is 5.02 Å². The van der Waals surface area contributed by atoms with Crippen molar-refractivity contribution in [2.75, 3.05) is 19.6 Å². The average Bonchev–Trinajstić information content (AvgIpc) is 2.38. The number of benzene rings is 1. The van der Waals surface area contributed by atoms with Crippen molar-refractivity contribution < 1.29 is 4.79 Å². The molecule has 5 heteroatoms. The minimum absolute atomic E-state index is 0.0639. The number of amides is 1.